The average Bonchev–Trinajstić information content (AvgIpc) is 2.82. The second kappa shape index (κ2) is 3.95. The number of nitrogens with zero attached hydrogens (tertiary/aromatic N) is 4. The van der Waals surface area contributed by atoms with Crippen LogP contribution in [-0.4, -0.2) is 24.9 Å². The third kappa shape index (κ3) is 1.66. The molecule has 1 aromatic carbocycles. The zero-order valence-corrected chi connectivity index (χ0v) is 8.98. The lowest BCUT2D eigenvalue weighted by atomic mass is 10.3. The van der Waals surface area contributed by atoms with Gasteiger partial charge in [0.1, 0.15) is 0 Å². The first-order chi connectivity index (χ1) is 8.38. The third-order valence-electron chi connectivity index (χ3n) is 2.53. The van der Waals surface area contributed by atoms with Gasteiger partial charge in [-0.3, -0.25) is 4.98 Å². The second-order valence-electron chi connectivity index (χ2n) is 3.64. The zero-order valence-electron chi connectivity index (χ0n) is 8.98. The van der Waals surface area contributed by atoms with Gasteiger partial charge in [-0.1, -0.05) is 18.2 Å². The van der Waals surface area contributed by atoms with Crippen molar-refractivity contribution in [1.29, 1.82) is 0 Å². The number of aromatic nitrogens is 4. The first-order valence-corrected chi connectivity index (χ1v) is 5.23. The molecule has 3 aromatic rings. The molecule has 3 rings (SSSR count). The molecule has 0 fully saturated rings. The van der Waals surface area contributed by atoms with Gasteiger partial charge in [0.05, 0.1) is 36.4 Å². The Balaban J connectivity index is 2.20. The number of aliphatic hydroxyl groups is 1. The highest BCUT2D eigenvalue weighted by molar-refractivity contribution is 5.79. The molecule has 0 unspecified atom stereocenters. The van der Waals surface area contributed by atoms with E-state index in [1.807, 2.05) is 24.3 Å². The average molecular weight is 226 g/mol. The topological polar surface area (TPSA) is 63.8 Å². The maximum Gasteiger partial charge on any atom is 0.172 e. The van der Waals surface area contributed by atoms with Gasteiger partial charge >= 0.3 is 0 Å². The Morgan fingerprint density at radius 3 is 2.88 bits per heavy atom. The molecule has 5 heteroatoms. The molecule has 0 saturated carbocycles. The van der Waals surface area contributed by atoms with Crippen molar-refractivity contribution >= 4 is 10.9 Å². The first-order valence-electron chi connectivity index (χ1n) is 5.23. The van der Waals surface area contributed by atoms with Crippen LogP contribution in [0.1, 0.15) is 5.69 Å². The summed E-state index contributed by atoms with van der Waals surface area (Å²) < 4.78 is 1.71. The molecular formula is C12H10N4O. The normalized spacial score (nSPS) is 10.9. The molecule has 0 spiro atoms. The van der Waals surface area contributed by atoms with Crippen LogP contribution in [0.4, 0.5) is 0 Å². The molecule has 5 nitrogen and oxygen atoms in total. The highest BCUT2D eigenvalue weighted by Crippen LogP contribution is 2.16. The molecule has 0 saturated heterocycles. The summed E-state index contributed by atoms with van der Waals surface area (Å²) in [6, 6.07) is 7.87. The van der Waals surface area contributed by atoms with Crippen molar-refractivity contribution in [3.63, 3.8) is 0 Å². The van der Waals surface area contributed by atoms with Crippen molar-refractivity contribution in [2.45, 2.75) is 6.61 Å². The van der Waals surface area contributed by atoms with E-state index in [4.69, 9.17) is 5.11 Å². The number of hydrogen-bond donors (Lipinski definition) is 1. The van der Waals surface area contributed by atoms with Crippen LogP contribution in [0.25, 0.3) is 16.7 Å². The van der Waals surface area contributed by atoms with E-state index < -0.39 is 0 Å². The fourth-order valence-electron chi connectivity index (χ4n) is 1.73. The molecule has 2 heterocycles. The molecule has 0 atom stereocenters. The number of fused-ring (bicyclic) bond motifs is 1. The Labute approximate surface area is 97.4 Å². The molecule has 0 aliphatic rings. The van der Waals surface area contributed by atoms with Crippen molar-refractivity contribution < 1.29 is 5.11 Å². The van der Waals surface area contributed by atoms with Gasteiger partial charge in [0.15, 0.2) is 5.82 Å². The molecule has 0 bridgehead atoms. The van der Waals surface area contributed by atoms with Crippen molar-refractivity contribution in [2.75, 3.05) is 0 Å². The van der Waals surface area contributed by atoms with Crippen LogP contribution in [0.5, 0.6) is 0 Å². The van der Waals surface area contributed by atoms with Gasteiger partial charge in [0.25, 0.3) is 0 Å². The summed E-state index contributed by atoms with van der Waals surface area (Å²) in [6.45, 7) is -0.125. The Bertz CT molecular complexity index is 662. The summed E-state index contributed by atoms with van der Waals surface area (Å²) in [5.74, 6) is 0.609. The summed E-state index contributed by atoms with van der Waals surface area (Å²) >= 11 is 0. The third-order valence-corrected chi connectivity index (χ3v) is 2.53. The van der Waals surface area contributed by atoms with Crippen molar-refractivity contribution in [2.24, 2.45) is 0 Å². The molecular weight excluding hydrogens is 216 g/mol. The zero-order chi connectivity index (χ0) is 11.7. The Kier molecular flexibility index (Phi) is 2.31. The molecule has 0 amide bonds. The quantitative estimate of drug-likeness (QED) is 0.715. The van der Waals surface area contributed by atoms with Crippen molar-refractivity contribution in [1.82, 2.24) is 19.7 Å². The lowest BCUT2D eigenvalue weighted by Gasteiger charge is -2.03. The number of hydrogen-bond acceptors (Lipinski definition) is 4. The van der Waals surface area contributed by atoms with Gasteiger partial charge in [0.2, 0.25) is 0 Å². The molecule has 17 heavy (non-hydrogen) atoms. The number of benzene rings is 1. The van der Waals surface area contributed by atoms with Gasteiger partial charge < -0.3 is 5.11 Å². The number of rotatable bonds is 2. The fourth-order valence-corrected chi connectivity index (χ4v) is 1.73. The standard InChI is InChI=1S/C12H10N4O/c17-8-10-6-13-7-12(15-10)16-11-4-2-1-3-9(11)5-14-16/h1-7,17H,8H2. The van der Waals surface area contributed by atoms with Crippen LogP contribution in [0.15, 0.2) is 42.9 Å². The minimum atomic E-state index is -0.125. The van der Waals surface area contributed by atoms with Gasteiger partial charge in [-0.15, -0.1) is 0 Å². The van der Waals surface area contributed by atoms with E-state index in [2.05, 4.69) is 15.1 Å². The molecule has 84 valence electrons. The van der Waals surface area contributed by atoms with Crippen LogP contribution in [-0.2, 0) is 6.61 Å². The summed E-state index contributed by atoms with van der Waals surface area (Å²) in [6.07, 6.45) is 4.94. The van der Waals surface area contributed by atoms with Gasteiger partial charge in [0, 0.05) is 5.39 Å². The highest BCUT2D eigenvalue weighted by atomic mass is 16.3. The van der Waals surface area contributed by atoms with E-state index in [1.54, 1.807) is 17.1 Å². The molecule has 2 aromatic heterocycles. The van der Waals surface area contributed by atoms with Crippen LogP contribution in [0.2, 0.25) is 0 Å². The van der Waals surface area contributed by atoms with E-state index in [9.17, 15) is 0 Å². The molecule has 0 aliphatic heterocycles. The van der Waals surface area contributed by atoms with Crippen LogP contribution < -0.4 is 0 Å². The Hall–Kier alpha value is -2.27. The maximum atomic E-state index is 9.04. The lowest BCUT2D eigenvalue weighted by Crippen LogP contribution is -2.02. The summed E-state index contributed by atoms with van der Waals surface area (Å²) in [7, 11) is 0. The van der Waals surface area contributed by atoms with E-state index in [0.29, 0.717) is 11.5 Å². The van der Waals surface area contributed by atoms with Crippen molar-refractivity contribution in [3.05, 3.63) is 48.5 Å². The van der Waals surface area contributed by atoms with Crippen LogP contribution in [0.3, 0.4) is 0 Å². The van der Waals surface area contributed by atoms with E-state index in [-0.39, 0.29) is 6.61 Å². The summed E-state index contributed by atoms with van der Waals surface area (Å²) in [5, 5.41) is 14.4. The molecule has 0 aliphatic carbocycles. The first kappa shape index (κ1) is 9.92. The van der Waals surface area contributed by atoms with Crippen LogP contribution in [0, 0.1) is 0 Å². The fraction of sp³-hybridized carbons (Fsp3) is 0.0833. The minimum Gasteiger partial charge on any atom is -0.390 e. The number of aliphatic hydroxyl groups excluding tert-OH is 1. The van der Waals surface area contributed by atoms with Gasteiger partial charge in [-0.25, -0.2) is 9.67 Å². The maximum absolute atomic E-state index is 9.04. The van der Waals surface area contributed by atoms with E-state index in [0.717, 1.165) is 10.9 Å². The largest absolute Gasteiger partial charge is 0.390 e. The summed E-state index contributed by atoms with van der Waals surface area (Å²) in [4.78, 5) is 8.31. The smallest absolute Gasteiger partial charge is 0.172 e. The predicted octanol–water partition coefficient (Wildman–Crippen LogP) is 1.31. The number of para-hydroxylation sites is 1. The van der Waals surface area contributed by atoms with E-state index in [1.165, 1.54) is 6.20 Å². The highest BCUT2D eigenvalue weighted by Gasteiger charge is 2.06. The summed E-state index contributed by atoms with van der Waals surface area (Å²) in [5.41, 5.74) is 1.50. The lowest BCUT2D eigenvalue weighted by molar-refractivity contribution is 0.276. The Morgan fingerprint density at radius 1 is 1.12 bits per heavy atom. The van der Waals surface area contributed by atoms with Crippen molar-refractivity contribution in [3.8, 4) is 5.82 Å². The molecule has 1 N–H and O–H groups in total. The SMILES string of the molecule is OCc1cncc(-n2ncc3ccccc32)n1. The Morgan fingerprint density at radius 2 is 2.00 bits per heavy atom. The van der Waals surface area contributed by atoms with Gasteiger partial charge in [-0.2, -0.15) is 5.10 Å². The monoisotopic (exact) mass is 226 g/mol. The van der Waals surface area contributed by atoms with Gasteiger partial charge in [-0.05, 0) is 6.07 Å². The molecule has 0 radical (unpaired) electrons. The second-order valence-corrected chi connectivity index (χ2v) is 3.64. The predicted molar refractivity (Wildman–Crippen MR) is 62.6 cm³/mol. The van der Waals surface area contributed by atoms with Crippen LogP contribution >= 0.6 is 0 Å². The minimum absolute atomic E-state index is 0.125. The van der Waals surface area contributed by atoms with E-state index >= 15 is 0 Å².